The Morgan fingerprint density at radius 3 is 1.78 bits per heavy atom. The van der Waals surface area contributed by atoms with Gasteiger partial charge >= 0.3 is 11.9 Å². The lowest BCUT2D eigenvalue weighted by molar-refractivity contribution is -0.155. The van der Waals surface area contributed by atoms with Crippen LogP contribution in [-0.2, 0) is 25.5 Å². The molecule has 1 aromatic rings. The Hall–Kier alpha value is -1.84. The molecule has 1 unspecified atom stereocenters. The van der Waals surface area contributed by atoms with Crippen molar-refractivity contribution in [2.75, 3.05) is 13.2 Å². The highest BCUT2D eigenvalue weighted by molar-refractivity contribution is 5.80. The van der Waals surface area contributed by atoms with Crippen molar-refractivity contribution < 1.29 is 19.1 Å². The molecule has 0 aliphatic rings. The Morgan fingerprint density at radius 1 is 0.719 bits per heavy atom. The maximum atomic E-state index is 12.7. The molecule has 0 saturated heterocycles. The number of carbonyl (C=O) groups is 2. The van der Waals surface area contributed by atoms with Gasteiger partial charge in [-0.25, -0.2) is 0 Å². The smallest absolute Gasteiger partial charge is 0.309 e. The van der Waals surface area contributed by atoms with Gasteiger partial charge in [0, 0.05) is 0 Å². The van der Waals surface area contributed by atoms with E-state index in [9.17, 15) is 9.59 Å². The van der Waals surface area contributed by atoms with Crippen molar-refractivity contribution in [3.63, 3.8) is 0 Å². The molecule has 0 spiro atoms. The van der Waals surface area contributed by atoms with Crippen molar-refractivity contribution in [2.45, 2.75) is 111 Å². The lowest BCUT2D eigenvalue weighted by atomic mass is 9.95. The van der Waals surface area contributed by atoms with Gasteiger partial charge in [-0.15, -0.1) is 0 Å². The average molecular weight is 447 g/mol. The number of esters is 2. The second-order valence-electron chi connectivity index (χ2n) is 9.01. The topological polar surface area (TPSA) is 52.6 Å². The van der Waals surface area contributed by atoms with Gasteiger partial charge in [-0.05, 0) is 31.7 Å². The summed E-state index contributed by atoms with van der Waals surface area (Å²) in [5, 5.41) is 0. The highest BCUT2D eigenvalue weighted by atomic mass is 16.5. The van der Waals surface area contributed by atoms with E-state index in [4.69, 9.17) is 9.47 Å². The SMILES string of the molecule is CCCCCCCCOC(=O)CC(Cc1ccc(C)cc1)C(=O)OCCCCCCCC. The molecule has 4 heteroatoms. The van der Waals surface area contributed by atoms with Crippen molar-refractivity contribution in [1.82, 2.24) is 0 Å². The Labute approximate surface area is 196 Å². The third kappa shape index (κ3) is 14.3. The minimum absolute atomic E-state index is 0.0824. The summed E-state index contributed by atoms with van der Waals surface area (Å²) in [5.41, 5.74) is 2.22. The van der Waals surface area contributed by atoms with Gasteiger partial charge in [-0.3, -0.25) is 9.59 Å². The second kappa shape index (κ2) is 18.7. The molecule has 0 radical (unpaired) electrons. The average Bonchev–Trinajstić information content (AvgIpc) is 2.78. The van der Waals surface area contributed by atoms with E-state index < -0.39 is 5.92 Å². The van der Waals surface area contributed by atoms with Gasteiger partial charge in [0.2, 0.25) is 0 Å². The predicted octanol–water partition coefficient (Wildman–Crippen LogP) is 7.35. The van der Waals surface area contributed by atoms with Crippen molar-refractivity contribution in [3.05, 3.63) is 35.4 Å². The Morgan fingerprint density at radius 2 is 1.22 bits per heavy atom. The first-order valence-electron chi connectivity index (χ1n) is 12.9. The minimum atomic E-state index is -0.491. The quantitative estimate of drug-likeness (QED) is 0.165. The normalized spacial score (nSPS) is 11.8. The third-order valence-corrected chi connectivity index (χ3v) is 5.85. The van der Waals surface area contributed by atoms with Crippen molar-refractivity contribution >= 4 is 11.9 Å². The van der Waals surface area contributed by atoms with Crippen molar-refractivity contribution in [3.8, 4) is 0 Å². The molecule has 0 aliphatic heterocycles. The highest BCUT2D eigenvalue weighted by Crippen LogP contribution is 2.17. The van der Waals surface area contributed by atoms with Crippen LogP contribution in [0.3, 0.4) is 0 Å². The van der Waals surface area contributed by atoms with Gasteiger partial charge in [0.05, 0.1) is 25.6 Å². The van der Waals surface area contributed by atoms with Crippen molar-refractivity contribution in [1.29, 1.82) is 0 Å². The summed E-state index contributed by atoms with van der Waals surface area (Å²) < 4.78 is 11.0. The summed E-state index contributed by atoms with van der Waals surface area (Å²) in [6, 6.07) is 8.10. The maximum Gasteiger partial charge on any atom is 0.309 e. The van der Waals surface area contributed by atoms with Gasteiger partial charge in [0.1, 0.15) is 0 Å². The van der Waals surface area contributed by atoms with Crippen LogP contribution in [-0.4, -0.2) is 25.2 Å². The number of aryl methyl sites for hydroxylation is 1. The zero-order chi connectivity index (χ0) is 23.4. The summed E-state index contributed by atoms with van der Waals surface area (Å²) in [6.07, 6.45) is 14.4. The fourth-order valence-corrected chi connectivity index (χ4v) is 3.75. The van der Waals surface area contributed by atoms with E-state index in [0.29, 0.717) is 19.6 Å². The van der Waals surface area contributed by atoms with Crippen LogP contribution < -0.4 is 0 Å². The molecule has 0 fully saturated rings. The number of unbranched alkanes of at least 4 members (excludes halogenated alkanes) is 10. The van der Waals surface area contributed by atoms with Crippen molar-refractivity contribution in [2.24, 2.45) is 5.92 Å². The lowest BCUT2D eigenvalue weighted by Crippen LogP contribution is -2.24. The zero-order valence-corrected chi connectivity index (χ0v) is 20.8. The number of hydrogen-bond acceptors (Lipinski definition) is 4. The van der Waals surface area contributed by atoms with Crippen LogP contribution in [0.15, 0.2) is 24.3 Å². The van der Waals surface area contributed by atoms with Crippen LogP contribution in [0.25, 0.3) is 0 Å². The molecule has 182 valence electrons. The first kappa shape index (κ1) is 28.2. The first-order valence-corrected chi connectivity index (χ1v) is 12.9. The maximum absolute atomic E-state index is 12.7. The van der Waals surface area contributed by atoms with E-state index in [2.05, 4.69) is 13.8 Å². The number of carbonyl (C=O) groups excluding carboxylic acids is 2. The Bertz CT molecular complexity index is 608. The van der Waals surface area contributed by atoms with Gasteiger partial charge in [0.25, 0.3) is 0 Å². The third-order valence-electron chi connectivity index (χ3n) is 5.85. The fourth-order valence-electron chi connectivity index (χ4n) is 3.75. The van der Waals surface area contributed by atoms with Crippen LogP contribution in [0.1, 0.15) is 108 Å². The van der Waals surface area contributed by atoms with E-state index in [-0.39, 0.29) is 18.4 Å². The minimum Gasteiger partial charge on any atom is -0.466 e. The number of rotatable bonds is 19. The summed E-state index contributed by atoms with van der Waals surface area (Å²) in [7, 11) is 0. The highest BCUT2D eigenvalue weighted by Gasteiger charge is 2.24. The fraction of sp³-hybridized carbons (Fsp3) is 0.714. The largest absolute Gasteiger partial charge is 0.466 e. The zero-order valence-electron chi connectivity index (χ0n) is 20.8. The summed E-state index contributed by atoms with van der Waals surface area (Å²) in [5.74, 6) is -1.07. The molecule has 0 N–H and O–H groups in total. The molecule has 0 saturated carbocycles. The summed E-state index contributed by atoms with van der Waals surface area (Å²) in [6.45, 7) is 7.31. The van der Waals surface area contributed by atoms with E-state index >= 15 is 0 Å². The molecular formula is C28H46O4. The molecule has 0 amide bonds. The van der Waals surface area contributed by atoms with Gasteiger partial charge in [0.15, 0.2) is 0 Å². The number of hydrogen-bond donors (Lipinski definition) is 0. The van der Waals surface area contributed by atoms with Gasteiger partial charge in [-0.2, -0.15) is 0 Å². The second-order valence-corrected chi connectivity index (χ2v) is 9.01. The Kier molecular flexibility index (Phi) is 16.5. The molecule has 4 nitrogen and oxygen atoms in total. The van der Waals surface area contributed by atoms with Gasteiger partial charge in [-0.1, -0.05) is 108 Å². The van der Waals surface area contributed by atoms with E-state index in [1.54, 1.807) is 0 Å². The molecule has 1 rings (SSSR count). The van der Waals surface area contributed by atoms with E-state index in [1.165, 1.54) is 56.9 Å². The standard InChI is InChI=1S/C28H46O4/c1-4-6-8-10-12-14-20-31-27(29)23-26(22-25-18-16-24(3)17-19-25)28(30)32-21-15-13-11-9-7-5-2/h16-19,26H,4-15,20-23H2,1-3H3. The Balaban J connectivity index is 2.44. The van der Waals surface area contributed by atoms with Crippen LogP contribution in [0.2, 0.25) is 0 Å². The molecule has 1 atom stereocenters. The van der Waals surface area contributed by atoms with E-state index in [1.807, 2.05) is 31.2 Å². The number of benzene rings is 1. The lowest BCUT2D eigenvalue weighted by Gasteiger charge is -2.16. The molecule has 0 aliphatic carbocycles. The monoisotopic (exact) mass is 446 g/mol. The molecule has 0 heterocycles. The molecule has 1 aromatic carbocycles. The van der Waals surface area contributed by atoms with E-state index in [0.717, 1.165) is 31.2 Å². The van der Waals surface area contributed by atoms with Gasteiger partial charge < -0.3 is 9.47 Å². The predicted molar refractivity (Wildman–Crippen MR) is 132 cm³/mol. The van der Waals surface area contributed by atoms with Crippen LogP contribution in [0.4, 0.5) is 0 Å². The van der Waals surface area contributed by atoms with Crippen LogP contribution in [0.5, 0.6) is 0 Å². The van der Waals surface area contributed by atoms with Crippen LogP contribution >= 0.6 is 0 Å². The molecule has 0 aromatic heterocycles. The molecule has 0 bridgehead atoms. The number of ether oxygens (including phenoxy) is 2. The molecule has 32 heavy (non-hydrogen) atoms. The first-order chi connectivity index (χ1) is 15.6. The molecular weight excluding hydrogens is 400 g/mol. The van der Waals surface area contributed by atoms with Crippen LogP contribution in [0, 0.1) is 12.8 Å². The summed E-state index contributed by atoms with van der Waals surface area (Å²) in [4.78, 5) is 25.1. The summed E-state index contributed by atoms with van der Waals surface area (Å²) >= 11 is 0.